The molecule has 1 amide bonds. The number of hydrogen-bond donors (Lipinski definition) is 1. The van der Waals surface area contributed by atoms with Crippen LogP contribution in [0.3, 0.4) is 0 Å². The van der Waals surface area contributed by atoms with Crippen molar-refractivity contribution in [2.24, 2.45) is 5.16 Å². The van der Waals surface area contributed by atoms with Crippen molar-refractivity contribution in [1.82, 2.24) is 10.2 Å². The Morgan fingerprint density at radius 3 is 3.26 bits per heavy atom. The Bertz CT molecular complexity index is 594. The van der Waals surface area contributed by atoms with Gasteiger partial charge in [0.15, 0.2) is 5.60 Å². The van der Waals surface area contributed by atoms with E-state index >= 15 is 0 Å². The first-order valence-electron chi connectivity index (χ1n) is 8.12. The number of nitrogens with one attached hydrogen (secondary N) is 1. The lowest BCUT2D eigenvalue weighted by Gasteiger charge is -2.25. The van der Waals surface area contributed by atoms with Crippen molar-refractivity contribution in [2.45, 2.75) is 37.5 Å². The topological polar surface area (TPSA) is 76.3 Å². The minimum atomic E-state index is -0.333. The molecule has 1 aromatic heterocycles. The fourth-order valence-electron chi connectivity index (χ4n) is 3.54. The van der Waals surface area contributed by atoms with Crippen molar-refractivity contribution < 1.29 is 18.8 Å². The SMILES string of the molecule is O=C(NCc1ccco1)C1=NO[C@@]2(CCN([C@@H]3CCOC3)C2)C1. The molecule has 1 N–H and O–H groups in total. The first-order chi connectivity index (χ1) is 11.2. The monoisotopic (exact) mass is 319 g/mol. The van der Waals surface area contributed by atoms with Gasteiger partial charge >= 0.3 is 0 Å². The van der Waals surface area contributed by atoms with Crippen LogP contribution in [-0.2, 0) is 20.9 Å². The number of carbonyl (C=O) groups excluding carboxylic acids is 1. The maximum atomic E-state index is 12.2. The second-order valence-electron chi connectivity index (χ2n) is 6.49. The zero-order valence-corrected chi connectivity index (χ0v) is 13.0. The number of likely N-dealkylation sites (tertiary alicyclic amines) is 1. The van der Waals surface area contributed by atoms with Crippen LogP contribution in [0, 0.1) is 0 Å². The van der Waals surface area contributed by atoms with Crippen LogP contribution in [0.1, 0.15) is 25.0 Å². The second kappa shape index (κ2) is 5.98. The van der Waals surface area contributed by atoms with Gasteiger partial charge in [0.25, 0.3) is 5.91 Å². The van der Waals surface area contributed by atoms with Crippen molar-refractivity contribution in [3.05, 3.63) is 24.2 Å². The van der Waals surface area contributed by atoms with Crippen molar-refractivity contribution in [3.63, 3.8) is 0 Å². The summed E-state index contributed by atoms with van der Waals surface area (Å²) in [5.74, 6) is 0.543. The van der Waals surface area contributed by atoms with Crippen molar-refractivity contribution in [3.8, 4) is 0 Å². The van der Waals surface area contributed by atoms with Crippen LogP contribution in [0.15, 0.2) is 28.0 Å². The number of ether oxygens (including phenoxy) is 1. The highest BCUT2D eigenvalue weighted by atomic mass is 16.7. The third kappa shape index (κ3) is 2.98. The van der Waals surface area contributed by atoms with E-state index < -0.39 is 0 Å². The molecule has 0 unspecified atom stereocenters. The molecule has 0 radical (unpaired) electrons. The Hall–Kier alpha value is -1.86. The summed E-state index contributed by atoms with van der Waals surface area (Å²) in [5, 5.41) is 6.87. The Morgan fingerprint density at radius 1 is 1.52 bits per heavy atom. The van der Waals surface area contributed by atoms with Crippen LogP contribution < -0.4 is 5.32 Å². The van der Waals surface area contributed by atoms with Gasteiger partial charge in [-0.25, -0.2) is 0 Å². The lowest BCUT2D eigenvalue weighted by Crippen LogP contribution is -2.40. The van der Waals surface area contributed by atoms with Crippen LogP contribution in [0.5, 0.6) is 0 Å². The van der Waals surface area contributed by atoms with Crippen molar-refractivity contribution in [1.29, 1.82) is 0 Å². The molecule has 124 valence electrons. The number of nitrogens with zero attached hydrogens (tertiary/aromatic N) is 2. The Labute approximate surface area is 134 Å². The quantitative estimate of drug-likeness (QED) is 0.892. The molecule has 23 heavy (non-hydrogen) atoms. The molecule has 4 rings (SSSR count). The standard InChI is InChI=1S/C16H21N3O4/c20-15(17-9-13-2-1-6-22-13)14-8-16(23-18-14)4-5-19(11-16)12-3-7-21-10-12/h1-2,6,12H,3-5,7-11H2,(H,17,20)/t12-,16+/m1/s1. The number of rotatable bonds is 4. The third-order valence-electron chi connectivity index (χ3n) is 4.87. The van der Waals surface area contributed by atoms with Crippen LogP contribution in [-0.4, -0.2) is 54.5 Å². The molecule has 0 saturated carbocycles. The number of oxime groups is 1. The van der Waals surface area contributed by atoms with E-state index in [4.69, 9.17) is 14.0 Å². The van der Waals surface area contributed by atoms with E-state index in [1.807, 2.05) is 6.07 Å². The summed E-state index contributed by atoms with van der Waals surface area (Å²) in [6, 6.07) is 4.11. The zero-order chi connectivity index (χ0) is 15.7. The van der Waals surface area contributed by atoms with Crippen molar-refractivity contribution in [2.75, 3.05) is 26.3 Å². The molecular formula is C16H21N3O4. The number of carbonyl (C=O) groups is 1. The van der Waals surface area contributed by atoms with Crippen LogP contribution in [0.2, 0.25) is 0 Å². The number of furan rings is 1. The molecule has 2 atom stereocenters. The summed E-state index contributed by atoms with van der Waals surface area (Å²) in [4.78, 5) is 20.3. The van der Waals surface area contributed by atoms with Gasteiger partial charge in [-0.05, 0) is 18.6 Å². The molecule has 7 heteroatoms. The van der Waals surface area contributed by atoms with E-state index in [-0.39, 0.29) is 11.5 Å². The predicted molar refractivity (Wildman–Crippen MR) is 81.8 cm³/mol. The van der Waals surface area contributed by atoms with Gasteiger partial charge in [0.2, 0.25) is 0 Å². The van der Waals surface area contributed by atoms with Gasteiger partial charge in [0.1, 0.15) is 11.5 Å². The van der Waals surface area contributed by atoms with Gasteiger partial charge in [0.05, 0.1) is 19.4 Å². The first kappa shape index (κ1) is 14.7. The smallest absolute Gasteiger partial charge is 0.269 e. The summed E-state index contributed by atoms with van der Waals surface area (Å²) < 4.78 is 10.7. The molecule has 1 spiro atoms. The third-order valence-corrected chi connectivity index (χ3v) is 4.87. The molecule has 4 heterocycles. The maximum Gasteiger partial charge on any atom is 0.269 e. The highest BCUT2D eigenvalue weighted by molar-refractivity contribution is 6.39. The van der Waals surface area contributed by atoms with E-state index in [0.29, 0.717) is 24.7 Å². The highest BCUT2D eigenvalue weighted by Crippen LogP contribution is 2.35. The minimum Gasteiger partial charge on any atom is -0.467 e. The lowest BCUT2D eigenvalue weighted by atomic mass is 9.96. The first-order valence-corrected chi connectivity index (χ1v) is 8.12. The number of hydrogen-bond acceptors (Lipinski definition) is 6. The molecule has 0 aliphatic carbocycles. The Balaban J connectivity index is 1.30. The summed E-state index contributed by atoms with van der Waals surface area (Å²) in [5.41, 5.74) is 0.140. The Kier molecular flexibility index (Phi) is 3.82. The molecule has 7 nitrogen and oxygen atoms in total. The van der Waals surface area contributed by atoms with Gasteiger partial charge < -0.3 is 19.3 Å². The average Bonchev–Trinajstić information content (AvgIpc) is 3.35. The van der Waals surface area contributed by atoms with E-state index in [2.05, 4.69) is 15.4 Å². The minimum absolute atomic E-state index is 0.180. The largest absolute Gasteiger partial charge is 0.467 e. The molecule has 1 aromatic rings. The molecule has 3 aliphatic heterocycles. The highest BCUT2D eigenvalue weighted by Gasteiger charge is 2.48. The molecule has 2 fully saturated rings. The summed E-state index contributed by atoms with van der Waals surface area (Å²) in [7, 11) is 0. The summed E-state index contributed by atoms with van der Waals surface area (Å²) in [6.45, 7) is 3.80. The van der Waals surface area contributed by atoms with Crippen LogP contribution in [0.25, 0.3) is 0 Å². The van der Waals surface area contributed by atoms with Gasteiger partial charge in [-0.1, -0.05) is 5.16 Å². The van der Waals surface area contributed by atoms with E-state index in [9.17, 15) is 4.79 Å². The summed E-state index contributed by atoms with van der Waals surface area (Å²) >= 11 is 0. The zero-order valence-electron chi connectivity index (χ0n) is 13.0. The summed E-state index contributed by atoms with van der Waals surface area (Å²) in [6.07, 6.45) is 4.14. The van der Waals surface area contributed by atoms with Gasteiger partial charge in [0, 0.05) is 38.6 Å². The van der Waals surface area contributed by atoms with Gasteiger partial charge in [-0.3, -0.25) is 9.69 Å². The molecule has 2 saturated heterocycles. The normalized spacial score (nSPS) is 30.6. The van der Waals surface area contributed by atoms with Crippen LogP contribution in [0.4, 0.5) is 0 Å². The Morgan fingerprint density at radius 2 is 2.48 bits per heavy atom. The van der Waals surface area contributed by atoms with Gasteiger partial charge in [-0.2, -0.15) is 0 Å². The van der Waals surface area contributed by atoms with E-state index in [1.54, 1.807) is 12.3 Å². The molecule has 0 bridgehead atoms. The fraction of sp³-hybridized carbons (Fsp3) is 0.625. The van der Waals surface area contributed by atoms with Gasteiger partial charge in [-0.15, -0.1) is 0 Å². The van der Waals surface area contributed by atoms with Crippen molar-refractivity contribution >= 4 is 11.6 Å². The maximum absolute atomic E-state index is 12.2. The number of amides is 1. The van der Waals surface area contributed by atoms with E-state index in [0.717, 1.165) is 44.9 Å². The predicted octanol–water partition coefficient (Wildman–Crippen LogP) is 0.905. The average molecular weight is 319 g/mol. The molecular weight excluding hydrogens is 298 g/mol. The van der Waals surface area contributed by atoms with E-state index in [1.165, 1.54) is 0 Å². The lowest BCUT2D eigenvalue weighted by molar-refractivity contribution is -0.115. The fourth-order valence-corrected chi connectivity index (χ4v) is 3.54. The second-order valence-corrected chi connectivity index (χ2v) is 6.49. The van der Waals surface area contributed by atoms with Crippen LogP contribution >= 0.6 is 0 Å². The molecule has 0 aromatic carbocycles. The molecule has 3 aliphatic rings.